The predicted molar refractivity (Wildman–Crippen MR) is 157 cm³/mol. The average Bonchev–Trinajstić information content (AvgIpc) is 3.73. The molecule has 0 spiro atoms. The minimum atomic E-state index is -3.94. The molecular weight excluding hydrogens is 666 g/mol. The molecule has 44 heavy (non-hydrogen) atoms. The van der Waals surface area contributed by atoms with Crippen molar-refractivity contribution in [2.45, 2.75) is 55.6 Å². The van der Waals surface area contributed by atoms with Crippen molar-refractivity contribution in [2.75, 3.05) is 24.2 Å². The molecule has 3 fully saturated rings. The Hall–Kier alpha value is -2.45. The first kappa shape index (κ1) is 30.2. The number of nitrogens with zero attached hydrogens (tertiary/aromatic N) is 8. The van der Waals surface area contributed by atoms with Crippen LogP contribution in [-0.2, 0) is 34.9 Å². The van der Waals surface area contributed by atoms with Gasteiger partial charge < -0.3 is 34.9 Å². The molecular formula is C21H25F2N11O6P2S2. The van der Waals surface area contributed by atoms with Gasteiger partial charge in [-0.1, -0.05) is 12.2 Å². The smallest absolute Gasteiger partial charge is 0.259 e. The number of nitrogens with two attached hydrogens (primary N) is 2. The van der Waals surface area contributed by atoms with Crippen molar-refractivity contribution in [3.05, 3.63) is 25.3 Å². The maximum absolute atomic E-state index is 16.0. The fourth-order valence-corrected chi connectivity index (χ4v) is 9.12. The largest absolute Gasteiger partial charge is 0.382 e. The van der Waals surface area contributed by atoms with Gasteiger partial charge in [-0.15, -0.1) is 0 Å². The lowest BCUT2D eigenvalue weighted by Gasteiger charge is -2.30. The highest BCUT2D eigenvalue weighted by Crippen LogP contribution is 2.58. The van der Waals surface area contributed by atoms with Gasteiger partial charge in [-0.05, 0) is 18.2 Å². The molecule has 0 bridgehead atoms. The van der Waals surface area contributed by atoms with Crippen LogP contribution in [0, 0.1) is 0 Å². The number of imidazole rings is 2. The summed E-state index contributed by atoms with van der Waals surface area (Å²) in [6, 6.07) is 0. The van der Waals surface area contributed by atoms with Crippen LogP contribution in [0.4, 0.5) is 20.4 Å². The molecule has 0 aromatic carbocycles. The van der Waals surface area contributed by atoms with Crippen LogP contribution in [0.2, 0.25) is 0 Å². The second kappa shape index (κ2) is 11.1. The summed E-state index contributed by atoms with van der Waals surface area (Å²) >= 11 is 9.55. The first-order valence-electron chi connectivity index (χ1n) is 13.1. The monoisotopic (exact) mass is 691 g/mol. The maximum atomic E-state index is 16.0. The van der Waals surface area contributed by atoms with Crippen LogP contribution in [-0.4, -0.2) is 93.4 Å². The Morgan fingerprint density at radius 2 is 1.43 bits per heavy atom. The van der Waals surface area contributed by atoms with Gasteiger partial charge in [-0.2, -0.15) is 0 Å². The molecule has 6 N–H and O–H groups in total. The number of ether oxygens (including phenoxy) is 2. The van der Waals surface area contributed by atoms with Crippen LogP contribution in [0.5, 0.6) is 0 Å². The molecule has 0 amide bonds. The molecule has 0 radical (unpaired) electrons. The minimum absolute atomic E-state index is 0.0874. The third kappa shape index (κ3) is 5.28. The molecule has 10 atom stereocenters. The number of rotatable bonds is 2. The maximum Gasteiger partial charge on any atom is 0.259 e. The van der Waals surface area contributed by atoms with Gasteiger partial charge >= 0.3 is 0 Å². The topological polar surface area (TPSA) is 225 Å². The first-order chi connectivity index (χ1) is 20.9. The molecule has 4 unspecified atom stereocenters. The molecule has 3 saturated heterocycles. The standard InChI is InChI=1S/C21H25F2N11O6P2S2/c22-10-14-8(37-20(10)33-6-30-12-16(24)26-4-28-18(12)33)1-2-41(35,43)39-15-9(3-32-42(36,44)40-14)38-21(11(15)23)34-7-31-13-17(25)27-5-29-19(13)34/h4-11,14-15,20-21H,1-3H2,(H,35,43)(H2,24,26,28)(H2,25,27,29)(H2,32,36,44)/t8-,9-,10?,11?,14+,15+,20-,21-,41?,42?/m1/s1. The number of thiol groups is 1. The van der Waals surface area contributed by atoms with E-state index in [1.54, 1.807) is 0 Å². The number of hydrogen-bond donors (Lipinski definition) is 5. The van der Waals surface area contributed by atoms with Crippen LogP contribution >= 0.6 is 25.5 Å². The van der Waals surface area contributed by atoms with Crippen molar-refractivity contribution in [1.29, 1.82) is 0 Å². The van der Waals surface area contributed by atoms with Gasteiger partial charge in [-0.3, -0.25) is 13.7 Å². The van der Waals surface area contributed by atoms with Crippen molar-refractivity contribution < 1.29 is 36.8 Å². The summed E-state index contributed by atoms with van der Waals surface area (Å²) in [6.45, 7) is -8.10. The quantitative estimate of drug-likeness (QED) is 0.148. The van der Waals surface area contributed by atoms with E-state index in [1.807, 2.05) is 0 Å². The van der Waals surface area contributed by atoms with Crippen molar-refractivity contribution >= 4 is 71.2 Å². The van der Waals surface area contributed by atoms with E-state index in [2.05, 4.69) is 47.2 Å². The summed E-state index contributed by atoms with van der Waals surface area (Å²) in [7, 11) is 0. The Bertz CT molecular complexity index is 1710. The second-order valence-corrected chi connectivity index (χ2v) is 17.2. The zero-order valence-electron chi connectivity index (χ0n) is 22.3. The highest BCUT2D eigenvalue weighted by molar-refractivity contribution is 8.46. The average molecular weight is 692 g/mol. The molecule has 0 saturated carbocycles. The second-order valence-electron chi connectivity index (χ2n) is 10.4. The van der Waals surface area contributed by atoms with E-state index in [9.17, 15) is 9.46 Å². The number of fused-ring (bicyclic) bond motifs is 4. The van der Waals surface area contributed by atoms with Crippen molar-refractivity contribution in [3.63, 3.8) is 0 Å². The predicted octanol–water partition coefficient (Wildman–Crippen LogP) is 1.40. The van der Waals surface area contributed by atoms with Gasteiger partial charge in [0.2, 0.25) is 0 Å². The molecule has 3 aliphatic rings. The molecule has 17 nitrogen and oxygen atoms in total. The van der Waals surface area contributed by atoms with Crippen molar-refractivity contribution in [2.24, 2.45) is 0 Å². The Balaban J connectivity index is 1.17. The van der Waals surface area contributed by atoms with E-state index in [-0.39, 0.29) is 53.1 Å². The fourth-order valence-electron chi connectivity index (χ4n) is 5.54. The van der Waals surface area contributed by atoms with Gasteiger partial charge in [-0.25, -0.2) is 43.8 Å². The van der Waals surface area contributed by atoms with Gasteiger partial charge in [0, 0.05) is 12.7 Å². The normalized spacial score (nSPS) is 38.3. The lowest BCUT2D eigenvalue weighted by molar-refractivity contribution is -0.0240. The van der Waals surface area contributed by atoms with Crippen LogP contribution in [0.1, 0.15) is 18.9 Å². The third-order valence-electron chi connectivity index (χ3n) is 7.60. The lowest BCUT2D eigenvalue weighted by atomic mass is 10.1. The Morgan fingerprint density at radius 3 is 2.00 bits per heavy atom. The summed E-state index contributed by atoms with van der Waals surface area (Å²) < 4.78 is 71.8. The molecule has 3 aliphatic heterocycles. The summed E-state index contributed by atoms with van der Waals surface area (Å²) in [5.74, 6) is 0.178. The van der Waals surface area contributed by atoms with Crippen LogP contribution in [0.25, 0.3) is 22.3 Å². The van der Waals surface area contributed by atoms with Crippen molar-refractivity contribution in [3.8, 4) is 0 Å². The number of alkyl halides is 2. The Labute approximate surface area is 256 Å². The lowest BCUT2D eigenvalue weighted by Crippen LogP contribution is -2.39. The van der Waals surface area contributed by atoms with Crippen LogP contribution in [0.3, 0.4) is 0 Å². The SMILES string of the molecule is Nc1ncnc2c1ncn2[C@@H]1O[C@@H]2CNP(O)(=S)O[C@@H]3C(F)[C@H](n4cnc5c(N)ncnc54)O[C@@H]3CCP(=O)(S)O[C@@H]2C1F. The van der Waals surface area contributed by atoms with Gasteiger partial charge in [0.25, 0.3) is 13.2 Å². The van der Waals surface area contributed by atoms with E-state index in [1.165, 1.54) is 34.4 Å². The molecule has 4 aromatic heterocycles. The van der Waals surface area contributed by atoms with E-state index >= 15 is 8.78 Å². The Morgan fingerprint density at radius 1 is 0.909 bits per heavy atom. The van der Waals surface area contributed by atoms with Crippen LogP contribution < -0.4 is 16.6 Å². The van der Waals surface area contributed by atoms with Crippen LogP contribution in [0.15, 0.2) is 25.3 Å². The van der Waals surface area contributed by atoms with Gasteiger partial charge in [0.15, 0.2) is 47.7 Å². The van der Waals surface area contributed by atoms with Gasteiger partial charge in [0.05, 0.1) is 18.8 Å². The highest BCUT2D eigenvalue weighted by Gasteiger charge is 2.53. The number of nitrogens with one attached hydrogen (secondary N) is 1. The molecule has 236 valence electrons. The number of nitrogen functional groups attached to an aromatic ring is 2. The molecule has 7 rings (SSSR count). The number of anilines is 2. The molecule has 23 heteroatoms. The van der Waals surface area contributed by atoms with Gasteiger partial charge in [0.1, 0.15) is 42.0 Å². The molecule has 4 aromatic rings. The number of halogens is 2. The number of aromatic nitrogens is 8. The Kier molecular flexibility index (Phi) is 7.63. The number of hydrogen-bond acceptors (Lipinski definition) is 14. The summed E-state index contributed by atoms with van der Waals surface area (Å²) in [5.41, 5.74) is 12.6. The highest BCUT2D eigenvalue weighted by atomic mass is 32.7. The van der Waals surface area contributed by atoms with E-state index < -0.39 is 62.4 Å². The van der Waals surface area contributed by atoms with E-state index in [4.69, 9.17) is 41.8 Å². The van der Waals surface area contributed by atoms with E-state index in [0.29, 0.717) is 0 Å². The van der Waals surface area contributed by atoms with Crippen molar-refractivity contribution in [1.82, 2.24) is 44.1 Å². The zero-order valence-corrected chi connectivity index (χ0v) is 25.8. The summed E-state index contributed by atoms with van der Waals surface area (Å²) in [4.78, 5) is 35.4. The molecule has 7 heterocycles. The third-order valence-corrected chi connectivity index (χ3v) is 11.6. The fraction of sp³-hybridized carbons (Fsp3) is 0.524. The minimum Gasteiger partial charge on any atom is -0.382 e. The zero-order chi connectivity index (χ0) is 31.0. The summed E-state index contributed by atoms with van der Waals surface area (Å²) in [5, 5.41) is 2.65. The summed E-state index contributed by atoms with van der Waals surface area (Å²) in [6.07, 6.45) is -6.86. The van der Waals surface area contributed by atoms with E-state index in [0.717, 1.165) is 0 Å². The first-order valence-corrected chi connectivity index (χ1v) is 18.8. The molecule has 0 aliphatic carbocycles.